The second-order valence-corrected chi connectivity index (χ2v) is 8.51. The fraction of sp³-hybridized carbons (Fsp3) is 0.364. The Hall–Kier alpha value is -3.35. The van der Waals surface area contributed by atoms with Crippen LogP contribution in [0.25, 0.3) is 10.2 Å². The van der Waals surface area contributed by atoms with E-state index in [9.17, 15) is 19.3 Å². The average molecular weight is 491 g/mol. The van der Waals surface area contributed by atoms with Gasteiger partial charge in [0.1, 0.15) is 11.4 Å². The van der Waals surface area contributed by atoms with Gasteiger partial charge in [-0.2, -0.15) is 0 Å². The molecule has 0 radical (unpaired) electrons. The molecule has 0 saturated carbocycles. The summed E-state index contributed by atoms with van der Waals surface area (Å²) in [5.74, 6) is -0.693. The summed E-state index contributed by atoms with van der Waals surface area (Å²) >= 11 is 1.15. The highest BCUT2D eigenvalue weighted by atomic mass is 32.1. The molecule has 1 aliphatic rings. The van der Waals surface area contributed by atoms with Crippen LogP contribution in [0.2, 0.25) is 0 Å². The van der Waals surface area contributed by atoms with E-state index in [4.69, 9.17) is 14.2 Å². The first-order valence-electron chi connectivity index (χ1n) is 10.5. The van der Waals surface area contributed by atoms with Gasteiger partial charge in [0, 0.05) is 32.2 Å². The molecule has 0 unspecified atom stereocenters. The lowest BCUT2D eigenvalue weighted by atomic mass is 10.1. The zero-order valence-electron chi connectivity index (χ0n) is 18.7. The fourth-order valence-corrected chi connectivity index (χ4v) is 4.70. The molecule has 34 heavy (non-hydrogen) atoms. The largest absolute Gasteiger partial charge is 0.493 e. The lowest BCUT2D eigenvalue weighted by Gasteiger charge is -2.29. The van der Waals surface area contributed by atoms with E-state index < -0.39 is 22.3 Å². The predicted octanol–water partition coefficient (Wildman–Crippen LogP) is 3.34. The van der Waals surface area contributed by atoms with Gasteiger partial charge in [0.15, 0.2) is 16.6 Å². The second-order valence-electron chi connectivity index (χ2n) is 7.50. The van der Waals surface area contributed by atoms with E-state index in [2.05, 4.69) is 9.88 Å². The molecule has 2 heterocycles. The van der Waals surface area contributed by atoms with Crippen molar-refractivity contribution in [1.29, 1.82) is 0 Å². The molecule has 0 aliphatic carbocycles. The Morgan fingerprint density at radius 1 is 1.24 bits per heavy atom. The molecule has 0 spiro atoms. The van der Waals surface area contributed by atoms with Gasteiger partial charge in [0.2, 0.25) is 0 Å². The van der Waals surface area contributed by atoms with E-state index in [0.717, 1.165) is 11.3 Å². The summed E-state index contributed by atoms with van der Waals surface area (Å²) in [4.78, 5) is 32.9. The Balaban J connectivity index is 1.75. The average Bonchev–Trinajstić information content (AvgIpc) is 3.26. The maximum Gasteiger partial charge on any atom is 0.286 e. The number of fused-ring (bicyclic) bond motifs is 1. The fourth-order valence-electron chi connectivity index (χ4n) is 3.69. The minimum absolute atomic E-state index is 0.140. The number of rotatable bonds is 8. The smallest absolute Gasteiger partial charge is 0.286 e. The number of hydrogen-bond acceptors (Lipinski definition) is 9. The van der Waals surface area contributed by atoms with E-state index in [-0.39, 0.29) is 23.6 Å². The van der Waals surface area contributed by atoms with Crippen LogP contribution in [0.5, 0.6) is 11.5 Å². The molecule has 1 fully saturated rings. The summed E-state index contributed by atoms with van der Waals surface area (Å²) in [5.41, 5.74) is -0.0337. The molecule has 4 rings (SSSR count). The van der Waals surface area contributed by atoms with Crippen LogP contribution in [-0.4, -0.2) is 74.3 Å². The minimum Gasteiger partial charge on any atom is -0.493 e. The molecule has 10 nitrogen and oxygen atoms in total. The highest BCUT2D eigenvalue weighted by Crippen LogP contribution is 2.37. The van der Waals surface area contributed by atoms with Gasteiger partial charge in [-0.15, -0.1) is 0 Å². The van der Waals surface area contributed by atoms with Crippen LogP contribution in [0.1, 0.15) is 10.4 Å². The molecule has 1 aromatic heterocycles. The summed E-state index contributed by atoms with van der Waals surface area (Å²) in [6, 6.07) is 6.65. The highest BCUT2D eigenvalue weighted by molar-refractivity contribution is 7.22. The number of nitro groups is 1. The number of nitrogens with zero attached hydrogens (tertiary/aromatic N) is 4. The predicted molar refractivity (Wildman–Crippen MR) is 125 cm³/mol. The Morgan fingerprint density at radius 2 is 1.94 bits per heavy atom. The van der Waals surface area contributed by atoms with E-state index in [1.165, 1.54) is 49.5 Å². The molecule has 1 amide bonds. The Kier molecular flexibility index (Phi) is 7.20. The van der Waals surface area contributed by atoms with E-state index in [1.807, 2.05) is 0 Å². The number of halogens is 1. The van der Waals surface area contributed by atoms with Crippen LogP contribution in [0.4, 0.5) is 15.2 Å². The van der Waals surface area contributed by atoms with E-state index in [1.54, 1.807) is 0 Å². The van der Waals surface area contributed by atoms with Crippen molar-refractivity contribution >= 4 is 38.3 Å². The maximum atomic E-state index is 13.7. The van der Waals surface area contributed by atoms with Crippen LogP contribution in [-0.2, 0) is 4.74 Å². The van der Waals surface area contributed by atoms with Gasteiger partial charge < -0.3 is 14.2 Å². The number of benzene rings is 2. The van der Waals surface area contributed by atoms with Crippen LogP contribution in [0.3, 0.4) is 0 Å². The summed E-state index contributed by atoms with van der Waals surface area (Å²) in [5, 5.41) is 12.1. The van der Waals surface area contributed by atoms with Gasteiger partial charge in [-0.25, -0.2) is 9.37 Å². The van der Waals surface area contributed by atoms with Crippen molar-refractivity contribution in [2.75, 3.05) is 58.5 Å². The monoisotopic (exact) mass is 490 g/mol. The third kappa shape index (κ3) is 4.93. The zero-order valence-corrected chi connectivity index (χ0v) is 19.5. The zero-order chi connectivity index (χ0) is 24.2. The maximum absolute atomic E-state index is 13.7. The molecule has 0 atom stereocenters. The van der Waals surface area contributed by atoms with E-state index in [0.29, 0.717) is 48.2 Å². The first-order chi connectivity index (χ1) is 16.4. The van der Waals surface area contributed by atoms with E-state index >= 15 is 0 Å². The molecule has 180 valence electrons. The number of ether oxygens (including phenoxy) is 3. The SMILES string of the molecule is COc1cc(C(=O)N(CCN2CCOCC2)c2nc3ccc(F)cc3s2)c([N+](=O)[O-])cc1OC. The summed E-state index contributed by atoms with van der Waals surface area (Å²) in [6.45, 7) is 3.35. The van der Waals surface area contributed by atoms with Gasteiger partial charge in [-0.3, -0.25) is 24.7 Å². The van der Waals surface area contributed by atoms with Crippen molar-refractivity contribution in [2.45, 2.75) is 0 Å². The molecule has 2 aromatic carbocycles. The third-order valence-electron chi connectivity index (χ3n) is 5.49. The third-order valence-corrected chi connectivity index (χ3v) is 6.53. The number of morpholine rings is 1. The highest BCUT2D eigenvalue weighted by Gasteiger charge is 2.30. The molecule has 0 bridgehead atoms. The number of aromatic nitrogens is 1. The van der Waals surface area contributed by atoms with Crippen molar-refractivity contribution in [3.05, 3.63) is 51.8 Å². The van der Waals surface area contributed by atoms with Crippen molar-refractivity contribution in [3.8, 4) is 11.5 Å². The number of amides is 1. The minimum atomic E-state index is -0.636. The first-order valence-corrected chi connectivity index (χ1v) is 11.3. The standard InChI is InChI=1S/C22H23FN4O6S/c1-31-18-12-15(17(27(29)30)13-19(18)32-2)21(28)26(6-5-25-7-9-33-10-8-25)22-24-16-4-3-14(23)11-20(16)34-22/h3-4,11-13H,5-10H2,1-2H3. The van der Waals surface area contributed by atoms with Crippen LogP contribution >= 0.6 is 11.3 Å². The Labute approximate surface area is 198 Å². The van der Waals surface area contributed by atoms with Crippen molar-refractivity contribution in [2.24, 2.45) is 0 Å². The molecule has 3 aromatic rings. The summed E-state index contributed by atoms with van der Waals surface area (Å²) < 4.78 is 30.1. The summed E-state index contributed by atoms with van der Waals surface area (Å²) in [6.07, 6.45) is 0. The van der Waals surface area contributed by atoms with Gasteiger partial charge in [-0.1, -0.05) is 11.3 Å². The molecular weight excluding hydrogens is 467 g/mol. The lowest BCUT2D eigenvalue weighted by molar-refractivity contribution is -0.385. The molecule has 1 saturated heterocycles. The normalized spacial score (nSPS) is 14.2. The molecular formula is C22H23FN4O6S. The number of carbonyl (C=O) groups excluding carboxylic acids is 1. The van der Waals surface area contributed by atoms with Gasteiger partial charge in [0.25, 0.3) is 11.6 Å². The number of thiazole rings is 1. The lowest BCUT2D eigenvalue weighted by Crippen LogP contribution is -2.43. The van der Waals surface area contributed by atoms with Crippen molar-refractivity contribution in [1.82, 2.24) is 9.88 Å². The van der Waals surface area contributed by atoms with Crippen molar-refractivity contribution in [3.63, 3.8) is 0 Å². The Morgan fingerprint density at radius 3 is 2.62 bits per heavy atom. The van der Waals surface area contributed by atoms with Crippen LogP contribution in [0.15, 0.2) is 30.3 Å². The quantitative estimate of drug-likeness (QED) is 0.350. The second kappa shape index (κ2) is 10.3. The molecule has 12 heteroatoms. The Bertz CT molecular complexity index is 1210. The van der Waals surface area contributed by atoms with Crippen LogP contribution in [0, 0.1) is 15.9 Å². The van der Waals surface area contributed by atoms with Crippen LogP contribution < -0.4 is 14.4 Å². The molecule has 0 N–H and O–H groups in total. The first kappa shape index (κ1) is 23.8. The van der Waals surface area contributed by atoms with Gasteiger partial charge >= 0.3 is 0 Å². The van der Waals surface area contributed by atoms with Crippen molar-refractivity contribution < 1.29 is 28.3 Å². The van der Waals surface area contributed by atoms with Gasteiger partial charge in [-0.05, 0) is 18.2 Å². The topological polar surface area (TPSA) is 107 Å². The number of anilines is 1. The number of hydrogen-bond donors (Lipinski definition) is 0. The van der Waals surface area contributed by atoms with Gasteiger partial charge in [0.05, 0.1) is 48.6 Å². The number of methoxy groups -OCH3 is 2. The summed E-state index contributed by atoms with van der Waals surface area (Å²) in [7, 11) is 2.74. The molecule has 1 aliphatic heterocycles. The number of nitro benzene ring substituents is 1. The number of carbonyl (C=O) groups is 1.